The molecule has 0 radical (unpaired) electrons. The number of rotatable bonds is 1. The lowest BCUT2D eigenvalue weighted by molar-refractivity contribution is 0.659. The van der Waals surface area contributed by atoms with Crippen LogP contribution in [0.5, 0.6) is 0 Å². The number of hydrogen-bond acceptors (Lipinski definition) is 4. The molecule has 272 valence electrons. The highest BCUT2D eigenvalue weighted by Crippen LogP contribution is 2.36. The molecule has 0 bridgehead atoms. The zero-order valence-corrected chi connectivity index (χ0v) is 32.1. The smallest absolute Gasteiger partial charge is 0.200 e. The normalized spacial score (nSPS) is 11.7. The highest BCUT2D eigenvalue weighted by atomic mass is 79.9. The van der Waals surface area contributed by atoms with E-state index in [2.05, 4.69) is 105 Å². The molecule has 57 heavy (non-hydrogen) atoms. The molecule has 0 aliphatic heterocycles. The van der Waals surface area contributed by atoms with E-state index in [1.807, 2.05) is 78.9 Å². The van der Waals surface area contributed by atoms with Gasteiger partial charge in [-0.3, -0.25) is 9.59 Å². The molecule has 11 aromatic rings. The highest BCUT2D eigenvalue weighted by molar-refractivity contribution is 9.10. The van der Waals surface area contributed by atoms with E-state index < -0.39 is 0 Å². The lowest BCUT2D eigenvalue weighted by Crippen LogP contribution is -2.02. The van der Waals surface area contributed by atoms with Gasteiger partial charge >= 0.3 is 0 Å². The fourth-order valence-corrected chi connectivity index (χ4v) is 8.32. The van der Waals surface area contributed by atoms with Gasteiger partial charge in [0.25, 0.3) is 0 Å². The summed E-state index contributed by atoms with van der Waals surface area (Å²) in [6.07, 6.45) is 1.10. The maximum absolute atomic E-state index is 12.8. The molecule has 0 saturated heterocycles. The van der Waals surface area contributed by atoms with Crippen LogP contribution >= 0.6 is 15.9 Å². The van der Waals surface area contributed by atoms with Crippen LogP contribution in [0.15, 0.2) is 205 Å². The van der Waals surface area contributed by atoms with E-state index in [4.69, 9.17) is 8.83 Å². The van der Waals surface area contributed by atoms with E-state index in [-0.39, 0.29) is 10.9 Å². The Balaban J connectivity index is 0.000000115. The molecule has 3 aromatic heterocycles. The molecule has 1 aliphatic rings. The first kappa shape index (κ1) is 34.5. The van der Waals surface area contributed by atoms with Crippen LogP contribution in [0.4, 0.5) is 0 Å². The van der Waals surface area contributed by atoms with Crippen LogP contribution in [-0.4, -0.2) is 4.57 Å². The number of fused-ring (bicyclic) bond motifs is 10. The van der Waals surface area contributed by atoms with Gasteiger partial charge in [0, 0.05) is 27.0 Å². The van der Waals surface area contributed by atoms with Crippen molar-refractivity contribution in [3.63, 3.8) is 0 Å². The number of halogens is 1. The molecular formula is C51H32BrNO4. The topological polar surface area (TPSA) is 65.3 Å². The molecule has 0 N–H and O–H groups in total. The Bertz CT molecular complexity index is 3370. The summed E-state index contributed by atoms with van der Waals surface area (Å²) in [4.78, 5) is 25.0. The fraction of sp³-hybridized carbons (Fsp3) is 0.0196. The minimum atomic E-state index is 0.00521. The second kappa shape index (κ2) is 14.2. The predicted octanol–water partition coefficient (Wildman–Crippen LogP) is 13.0. The van der Waals surface area contributed by atoms with Gasteiger partial charge in [-0.05, 0) is 95.4 Å². The standard InChI is InChI=1S/C25H15NO2.C13H7BrO2.C13H10/c27-25-19-9-3-6-12-23(19)28-24-15-16(13-14-20(24)25)26-21-10-4-1-7-17(21)18-8-2-5-11-22(18)26;14-8-5-6-10-12(7-8)16-11-4-2-1-3-9(11)13(10)15;1-3-7-12-10(5-1)9-11-6-2-4-8-13(11)12/h1-15H;1-7H;1-8H,9H2. The Labute approximate surface area is 334 Å². The van der Waals surface area contributed by atoms with Gasteiger partial charge < -0.3 is 13.4 Å². The summed E-state index contributed by atoms with van der Waals surface area (Å²) in [5.41, 5.74) is 11.5. The van der Waals surface area contributed by atoms with Crippen molar-refractivity contribution in [3.8, 4) is 16.8 Å². The van der Waals surface area contributed by atoms with Crippen molar-refractivity contribution in [2.45, 2.75) is 6.42 Å². The van der Waals surface area contributed by atoms with Crippen LogP contribution in [0.2, 0.25) is 0 Å². The summed E-state index contributed by atoms with van der Waals surface area (Å²) in [5, 5.41) is 4.86. The van der Waals surface area contributed by atoms with Gasteiger partial charge in [0.05, 0.1) is 32.6 Å². The van der Waals surface area contributed by atoms with E-state index in [9.17, 15) is 9.59 Å². The Morgan fingerprint density at radius 2 is 0.825 bits per heavy atom. The minimum Gasteiger partial charge on any atom is -0.456 e. The van der Waals surface area contributed by atoms with Crippen molar-refractivity contribution in [3.05, 3.63) is 218 Å². The van der Waals surface area contributed by atoms with Crippen molar-refractivity contribution in [1.82, 2.24) is 4.57 Å². The number of hydrogen-bond donors (Lipinski definition) is 0. The molecule has 8 aromatic carbocycles. The van der Waals surface area contributed by atoms with Crippen LogP contribution in [0.25, 0.3) is 82.5 Å². The van der Waals surface area contributed by atoms with Gasteiger partial charge in [0.1, 0.15) is 22.3 Å². The summed E-state index contributed by atoms with van der Waals surface area (Å²) in [6, 6.07) is 60.0. The van der Waals surface area contributed by atoms with Crippen molar-refractivity contribution in [1.29, 1.82) is 0 Å². The Morgan fingerprint density at radius 3 is 1.39 bits per heavy atom. The van der Waals surface area contributed by atoms with Crippen molar-refractivity contribution < 1.29 is 8.83 Å². The van der Waals surface area contributed by atoms with E-state index in [0.29, 0.717) is 43.9 Å². The summed E-state index contributed by atoms with van der Waals surface area (Å²) in [5.74, 6) is 0. The summed E-state index contributed by atoms with van der Waals surface area (Å²) in [7, 11) is 0. The molecule has 0 fully saturated rings. The van der Waals surface area contributed by atoms with Crippen LogP contribution < -0.4 is 10.9 Å². The zero-order valence-electron chi connectivity index (χ0n) is 30.5. The van der Waals surface area contributed by atoms with E-state index in [1.54, 1.807) is 18.2 Å². The third kappa shape index (κ3) is 6.11. The third-order valence-corrected chi connectivity index (χ3v) is 11.1. The van der Waals surface area contributed by atoms with Crippen LogP contribution in [-0.2, 0) is 6.42 Å². The van der Waals surface area contributed by atoms with E-state index in [1.165, 1.54) is 33.0 Å². The lowest BCUT2D eigenvalue weighted by atomic mass is 10.1. The molecule has 0 saturated carbocycles. The zero-order chi connectivity index (χ0) is 38.5. The lowest BCUT2D eigenvalue weighted by Gasteiger charge is -2.09. The third-order valence-electron chi connectivity index (χ3n) is 10.6. The Hall–Kier alpha value is -7.02. The molecule has 3 heterocycles. The summed E-state index contributed by atoms with van der Waals surface area (Å²) >= 11 is 3.36. The first-order chi connectivity index (χ1) is 28.0. The largest absolute Gasteiger partial charge is 0.456 e. The number of aromatic nitrogens is 1. The van der Waals surface area contributed by atoms with Gasteiger partial charge in [0.2, 0.25) is 10.9 Å². The maximum atomic E-state index is 12.8. The SMILES string of the molecule is O=c1c2ccccc2oc2cc(-n3c4ccccc4c4ccccc43)ccc12.O=c1c2ccccc2oc2cc(Br)ccc12.c1ccc2c(c1)Cc1ccccc1-2. The maximum Gasteiger partial charge on any atom is 0.200 e. The average Bonchev–Trinajstić information content (AvgIpc) is 3.80. The fourth-order valence-electron chi connectivity index (χ4n) is 7.98. The molecule has 0 atom stereocenters. The highest BCUT2D eigenvalue weighted by Gasteiger charge is 2.16. The number of nitrogens with zero attached hydrogens (tertiary/aromatic N) is 1. The van der Waals surface area contributed by atoms with Crippen LogP contribution in [0, 0.1) is 0 Å². The summed E-state index contributed by atoms with van der Waals surface area (Å²) < 4.78 is 14.9. The van der Waals surface area contributed by atoms with E-state index in [0.717, 1.165) is 27.6 Å². The molecule has 12 rings (SSSR count). The van der Waals surface area contributed by atoms with Gasteiger partial charge in [0.15, 0.2) is 0 Å². The second-order valence-corrected chi connectivity index (χ2v) is 15.0. The predicted molar refractivity (Wildman–Crippen MR) is 237 cm³/mol. The molecule has 1 aliphatic carbocycles. The van der Waals surface area contributed by atoms with Crippen molar-refractivity contribution >= 4 is 81.6 Å². The monoisotopic (exact) mass is 801 g/mol. The Kier molecular flexibility index (Phi) is 8.61. The van der Waals surface area contributed by atoms with Gasteiger partial charge in [-0.1, -0.05) is 125 Å². The summed E-state index contributed by atoms with van der Waals surface area (Å²) in [6.45, 7) is 0. The molecule has 0 unspecified atom stereocenters. The second-order valence-electron chi connectivity index (χ2n) is 14.0. The number of benzene rings is 8. The molecular weight excluding hydrogens is 770 g/mol. The van der Waals surface area contributed by atoms with Gasteiger partial charge in [-0.25, -0.2) is 0 Å². The Morgan fingerprint density at radius 1 is 0.404 bits per heavy atom. The minimum absolute atomic E-state index is 0.00521. The van der Waals surface area contributed by atoms with Crippen LogP contribution in [0.1, 0.15) is 11.1 Å². The molecule has 6 heteroatoms. The average molecular weight is 803 g/mol. The van der Waals surface area contributed by atoms with E-state index >= 15 is 0 Å². The molecule has 0 amide bonds. The van der Waals surface area contributed by atoms with Crippen molar-refractivity contribution in [2.75, 3.05) is 0 Å². The first-order valence-corrected chi connectivity index (χ1v) is 19.5. The number of para-hydroxylation sites is 4. The van der Waals surface area contributed by atoms with Gasteiger partial charge in [-0.15, -0.1) is 0 Å². The molecule has 5 nitrogen and oxygen atoms in total. The quantitative estimate of drug-likeness (QED) is 0.155. The van der Waals surface area contributed by atoms with Crippen molar-refractivity contribution in [2.24, 2.45) is 0 Å². The van der Waals surface area contributed by atoms with Crippen LogP contribution in [0.3, 0.4) is 0 Å². The molecule has 0 spiro atoms. The van der Waals surface area contributed by atoms with Gasteiger partial charge in [-0.2, -0.15) is 0 Å². The first-order valence-electron chi connectivity index (χ1n) is 18.7.